The molecule has 2 aromatic rings. The predicted octanol–water partition coefficient (Wildman–Crippen LogP) is 4.00. The van der Waals surface area contributed by atoms with Crippen LogP contribution in [0.1, 0.15) is 36.2 Å². The zero-order valence-electron chi connectivity index (χ0n) is 19.4. The van der Waals surface area contributed by atoms with Gasteiger partial charge in [-0.3, -0.25) is 14.5 Å². The third-order valence-electron chi connectivity index (χ3n) is 5.78. The molecule has 6 nitrogen and oxygen atoms in total. The number of anilines is 1. The van der Waals surface area contributed by atoms with E-state index in [4.69, 9.17) is 4.74 Å². The third-order valence-corrected chi connectivity index (χ3v) is 5.78. The number of Topliss-reactive ketones (excluding diaryl/α,β-unsaturated/α-hetero) is 1. The number of nitrogens with one attached hydrogen (secondary N) is 1. The zero-order chi connectivity index (χ0) is 24.7. The summed E-state index contributed by atoms with van der Waals surface area (Å²) in [4.78, 5) is 28.0. The number of ketones is 1. The number of ether oxygens (including phenoxy) is 1. The molecular formula is C25H30F3N3O3. The maximum Gasteiger partial charge on any atom is 0.416 e. The molecule has 0 aliphatic carbocycles. The number of rotatable bonds is 9. The summed E-state index contributed by atoms with van der Waals surface area (Å²) in [6, 6.07) is 12.2. The smallest absolute Gasteiger partial charge is 0.416 e. The molecule has 0 saturated carbocycles. The van der Waals surface area contributed by atoms with E-state index in [1.165, 1.54) is 19.1 Å². The summed E-state index contributed by atoms with van der Waals surface area (Å²) in [5.74, 6) is 0.162. The molecule has 1 N–H and O–H groups in total. The number of carbonyl (C=O) groups excluding carboxylic acids is 2. The minimum Gasteiger partial charge on any atom is -0.481 e. The van der Waals surface area contributed by atoms with Crippen LogP contribution in [0.15, 0.2) is 48.5 Å². The van der Waals surface area contributed by atoms with Crippen molar-refractivity contribution in [1.82, 2.24) is 10.2 Å². The SMILES string of the molecule is CC(=O)c1cccc(OC(C)C(=O)NCCCN2CCN(c3cccc(C(F)(F)F)c3)CC2)c1. The molecule has 0 aromatic heterocycles. The highest BCUT2D eigenvalue weighted by molar-refractivity contribution is 5.94. The van der Waals surface area contributed by atoms with Gasteiger partial charge in [-0.15, -0.1) is 0 Å². The molecule has 1 unspecified atom stereocenters. The van der Waals surface area contributed by atoms with Crippen molar-refractivity contribution in [1.29, 1.82) is 0 Å². The molecule has 1 amide bonds. The lowest BCUT2D eigenvalue weighted by molar-refractivity contribution is -0.137. The highest BCUT2D eigenvalue weighted by Crippen LogP contribution is 2.31. The topological polar surface area (TPSA) is 61.9 Å². The van der Waals surface area contributed by atoms with Crippen LogP contribution in [0, 0.1) is 0 Å². The Bertz CT molecular complexity index is 989. The summed E-state index contributed by atoms with van der Waals surface area (Å²) in [6.45, 7) is 7.20. The number of nitrogens with zero attached hydrogens (tertiary/aromatic N) is 2. The van der Waals surface area contributed by atoms with Gasteiger partial charge in [0, 0.05) is 44.0 Å². The molecule has 184 valence electrons. The highest BCUT2D eigenvalue weighted by Gasteiger charge is 2.31. The van der Waals surface area contributed by atoms with Gasteiger partial charge in [0.25, 0.3) is 5.91 Å². The van der Waals surface area contributed by atoms with Crippen LogP contribution >= 0.6 is 0 Å². The fraction of sp³-hybridized carbons (Fsp3) is 0.440. The molecule has 1 atom stereocenters. The molecule has 1 heterocycles. The van der Waals surface area contributed by atoms with Gasteiger partial charge in [0.15, 0.2) is 11.9 Å². The van der Waals surface area contributed by atoms with Crippen molar-refractivity contribution >= 4 is 17.4 Å². The second-order valence-electron chi connectivity index (χ2n) is 8.37. The Morgan fingerprint density at radius 2 is 1.76 bits per heavy atom. The van der Waals surface area contributed by atoms with Gasteiger partial charge >= 0.3 is 6.18 Å². The second kappa shape index (κ2) is 11.4. The molecule has 1 aliphatic rings. The van der Waals surface area contributed by atoms with E-state index in [0.717, 1.165) is 32.1 Å². The Balaban J connectivity index is 1.36. The Morgan fingerprint density at radius 3 is 2.44 bits per heavy atom. The summed E-state index contributed by atoms with van der Waals surface area (Å²) in [6.07, 6.45) is -4.29. The van der Waals surface area contributed by atoms with Gasteiger partial charge in [-0.1, -0.05) is 18.2 Å². The highest BCUT2D eigenvalue weighted by atomic mass is 19.4. The van der Waals surface area contributed by atoms with Gasteiger partial charge in [0.05, 0.1) is 5.56 Å². The number of halogens is 3. The Hall–Kier alpha value is -3.07. The van der Waals surface area contributed by atoms with Crippen LogP contribution in [0.5, 0.6) is 5.75 Å². The molecule has 1 saturated heterocycles. The molecule has 9 heteroatoms. The van der Waals surface area contributed by atoms with Crippen molar-refractivity contribution in [2.24, 2.45) is 0 Å². The Morgan fingerprint density at radius 1 is 1.06 bits per heavy atom. The fourth-order valence-electron chi connectivity index (χ4n) is 3.81. The Labute approximate surface area is 197 Å². The average Bonchev–Trinajstić information content (AvgIpc) is 2.81. The number of amides is 1. The first-order valence-electron chi connectivity index (χ1n) is 11.3. The monoisotopic (exact) mass is 477 g/mol. The van der Waals surface area contributed by atoms with Gasteiger partial charge in [-0.2, -0.15) is 13.2 Å². The average molecular weight is 478 g/mol. The van der Waals surface area contributed by atoms with E-state index in [-0.39, 0.29) is 11.7 Å². The van der Waals surface area contributed by atoms with Crippen molar-refractivity contribution in [3.63, 3.8) is 0 Å². The normalized spacial score (nSPS) is 15.6. The van der Waals surface area contributed by atoms with E-state index in [0.29, 0.717) is 36.6 Å². The molecule has 1 fully saturated rings. The summed E-state index contributed by atoms with van der Waals surface area (Å²) >= 11 is 0. The molecule has 34 heavy (non-hydrogen) atoms. The number of carbonyl (C=O) groups is 2. The van der Waals surface area contributed by atoms with E-state index in [1.807, 2.05) is 4.90 Å². The number of alkyl halides is 3. The minimum atomic E-state index is -4.34. The van der Waals surface area contributed by atoms with Crippen LogP contribution in [-0.4, -0.2) is 62.0 Å². The summed E-state index contributed by atoms with van der Waals surface area (Å²) in [5, 5.41) is 2.86. The molecule has 0 spiro atoms. The standard InChI is InChI=1S/C25H30F3N3O3/c1-18(32)20-6-3-9-23(16-20)34-19(2)24(33)29-10-5-11-30-12-14-31(15-13-30)22-8-4-7-21(17-22)25(26,27)28/h3-4,6-9,16-17,19H,5,10-15H2,1-2H3,(H,29,33). The quantitative estimate of drug-likeness (QED) is 0.437. The first kappa shape index (κ1) is 25.6. The summed E-state index contributed by atoms with van der Waals surface area (Å²) in [7, 11) is 0. The van der Waals surface area contributed by atoms with Gasteiger partial charge in [0.2, 0.25) is 0 Å². The number of hydrogen-bond donors (Lipinski definition) is 1. The van der Waals surface area contributed by atoms with Crippen molar-refractivity contribution in [3.05, 3.63) is 59.7 Å². The number of benzene rings is 2. The largest absolute Gasteiger partial charge is 0.481 e. The van der Waals surface area contributed by atoms with Crippen LogP contribution in [0.3, 0.4) is 0 Å². The third kappa shape index (κ3) is 7.21. The summed E-state index contributed by atoms with van der Waals surface area (Å²) < 4.78 is 44.5. The van der Waals surface area contributed by atoms with E-state index in [1.54, 1.807) is 37.3 Å². The lowest BCUT2D eigenvalue weighted by atomic mass is 10.1. The van der Waals surface area contributed by atoms with E-state index < -0.39 is 17.8 Å². The maximum absolute atomic E-state index is 13.0. The number of hydrogen-bond acceptors (Lipinski definition) is 5. The van der Waals surface area contributed by atoms with E-state index in [2.05, 4.69) is 10.2 Å². The maximum atomic E-state index is 13.0. The van der Waals surface area contributed by atoms with Crippen LogP contribution in [-0.2, 0) is 11.0 Å². The van der Waals surface area contributed by atoms with Crippen LogP contribution in [0.25, 0.3) is 0 Å². The van der Waals surface area contributed by atoms with Gasteiger partial charge in [-0.05, 0) is 57.1 Å². The number of piperazine rings is 1. The first-order chi connectivity index (χ1) is 16.1. The zero-order valence-corrected chi connectivity index (χ0v) is 19.4. The Kier molecular flexibility index (Phi) is 8.55. The summed E-state index contributed by atoms with van der Waals surface area (Å²) in [5.41, 5.74) is 0.482. The van der Waals surface area contributed by atoms with Crippen molar-refractivity contribution < 1.29 is 27.5 Å². The van der Waals surface area contributed by atoms with E-state index >= 15 is 0 Å². The van der Waals surface area contributed by atoms with Gasteiger partial charge in [0.1, 0.15) is 5.75 Å². The van der Waals surface area contributed by atoms with Crippen molar-refractivity contribution in [3.8, 4) is 5.75 Å². The van der Waals surface area contributed by atoms with Crippen LogP contribution in [0.4, 0.5) is 18.9 Å². The molecule has 3 rings (SSSR count). The van der Waals surface area contributed by atoms with Crippen molar-refractivity contribution in [2.75, 3.05) is 44.2 Å². The predicted molar refractivity (Wildman–Crippen MR) is 124 cm³/mol. The lowest BCUT2D eigenvalue weighted by Gasteiger charge is -2.36. The van der Waals surface area contributed by atoms with E-state index in [9.17, 15) is 22.8 Å². The minimum absolute atomic E-state index is 0.0711. The van der Waals surface area contributed by atoms with Crippen LogP contribution in [0.2, 0.25) is 0 Å². The fourth-order valence-corrected chi connectivity index (χ4v) is 3.81. The van der Waals surface area contributed by atoms with Crippen LogP contribution < -0.4 is 15.0 Å². The molecule has 0 radical (unpaired) electrons. The first-order valence-corrected chi connectivity index (χ1v) is 11.3. The van der Waals surface area contributed by atoms with Gasteiger partial charge in [-0.25, -0.2) is 0 Å². The van der Waals surface area contributed by atoms with Gasteiger partial charge < -0.3 is 15.0 Å². The molecule has 0 bridgehead atoms. The molecular weight excluding hydrogens is 447 g/mol. The molecule has 1 aliphatic heterocycles. The van der Waals surface area contributed by atoms with Crippen molar-refractivity contribution in [2.45, 2.75) is 32.5 Å². The lowest BCUT2D eigenvalue weighted by Crippen LogP contribution is -2.47. The molecule has 2 aromatic carbocycles. The second-order valence-corrected chi connectivity index (χ2v) is 8.37.